The third-order valence-electron chi connectivity index (χ3n) is 28.6. The standard InChI is InChI=1S/2C29H33N3O.C27H26N2O2/c2*1-27-11-10-23-15-22-6-7-24(32(2)3)16-28(22)12-13-29(23,33-28)26(27)9-8-25(27)19-4-5-20-17-30-31-18-21(20)14-19;1-25-9-8-21-13-20-4-5-22(30)14-26(20)10-11-27(21,31-26)24(25)7-6-23(25)17-2-3-18-15-28-29-16-19(18)12-17/h2*4-5,8,10,14-15,17-18,24,26H,6-7,9,11-13,16H2,1-3H3;2-3,6,8,12-13,15-16,24H,4-5,7,9-11,14H2,1H3/t24-,26+,27+,28+,29?;24-,26-,27-,28-,29?;24-,25-,26-,27?/m011/s1. The molecule has 9 aliphatic carbocycles. The molecule has 6 fully saturated rings. The molecule has 0 amide bonds. The molecule has 3 aromatic heterocycles. The van der Waals surface area contributed by atoms with Crippen molar-refractivity contribution in [3.63, 3.8) is 0 Å². The van der Waals surface area contributed by atoms with E-state index in [0.29, 0.717) is 48.5 Å². The summed E-state index contributed by atoms with van der Waals surface area (Å²) in [5, 5.41) is 31.3. The molecule has 3 aromatic carbocycles. The molecule has 6 aliphatic heterocycles. The van der Waals surface area contributed by atoms with E-state index in [0.717, 1.165) is 105 Å². The largest absolute Gasteiger partial charge is 0.359 e. The van der Waals surface area contributed by atoms with Crippen molar-refractivity contribution < 1.29 is 19.0 Å². The van der Waals surface area contributed by atoms with Gasteiger partial charge in [-0.15, -0.1) is 0 Å². The molecule has 6 bridgehead atoms. The fourth-order valence-corrected chi connectivity index (χ4v) is 23.4. The number of benzene rings is 3. The average molecular weight is 1290 g/mol. The van der Waals surface area contributed by atoms with Gasteiger partial charge in [-0.25, -0.2) is 0 Å². The summed E-state index contributed by atoms with van der Waals surface area (Å²) in [4.78, 5) is 17.2. The van der Waals surface area contributed by atoms with Gasteiger partial charge in [-0.05, 0) is 235 Å². The van der Waals surface area contributed by atoms with E-state index in [1.54, 1.807) is 11.1 Å². The van der Waals surface area contributed by atoms with Crippen LogP contribution in [0, 0.1) is 34.0 Å². The first-order chi connectivity index (χ1) is 46.9. The number of rotatable bonds is 5. The third-order valence-corrected chi connectivity index (χ3v) is 28.6. The van der Waals surface area contributed by atoms with Crippen LogP contribution in [0.4, 0.5) is 0 Å². The van der Waals surface area contributed by atoms with Crippen molar-refractivity contribution in [1.82, 2.24) is 40.4 Å². The van der Waals surface area contributed by atoms with Crippen molar-refractivity contribution in [2.75, 3.05) is 28.2 Å². The highest BCUT2D eigenvalue weighted by molar-refractivity contribution is 5.90. The molecular formula is C85H92N8O4. The van der Waals surface area contributed by atoms with Crippen LogP contribution in [0.15, 0.2) is 180 Å². The average Bonchev–Trinajstić information content (AvgIpc) is 1.55. The van der Waals surface area contributed by atoms with E-state index in [4.69, 9.17) is 14.2 Å². The molecule has 496 valence electrons. The van der Waals surface area contributed by atoms with Gasteiger partial charge in [0.25, 0.3) is 0 Å². The smallest absolute Gasteiger partial charge is 0.136 e. The molecular weight excluding hydrogens is 1200 g/mol. The van der Waals surface area contributed by atoms with Crippen molar-refractivity contribution in [2.24, 2.45) is 34.0 Å². The van der Waals surface area contributed by atoms with Gasteiger partial charge in [-0.2, -0.15) is 30.6 Å². The Hall–Kier alpha value is -7.19. The number of ether oxygens (including phenoxy) is 3. The van der Waals surface area contributed by atoms with Gasteiger partial charge in [0.05, 0.1) is 70.8 Å². The van der Waals surface area contributed by atoms with Crippen LogP contribution in [0.1, 0.15) is 172 Å². The zero-order valence-corrected chi connectivity index (χ0v) is 57.8. The maximum absolute atomic E-state index is 12.4. The molecule has 3 saturated heterocycles. The normalized spacial score (nSPS) is 38.7. The summed E-state index contributed by atoms with van der Waals surface area (Å²) < 4.78 is 21.8. The summed E-state index contributed by atoms with van der Waals surface area (Å²) >= 11 is 0. The second-order valence-corrected chi connectivity index (χ2v) is 33.5. The number of hydrogen-bond acceptors (Lipinski definition) is 12. The molecule has 6 spiro atoms. The van der Waals surface area contributed by atoms with Gasteiger partial charge >= 0.3 is 0 Å². The maximum Gasteiger partial charge on any atom is 0.136 e. The van der Waals surface area contributed by atoms with Crippen LogP contribution in [0.5, 0.6) is 0 Å². The molecule has 12 nitrogen and oxygen atoms in total. The Labute approximate surface area is 571 Å². The van der Waals surface area contributed by atoms with Gasteiger partial charge in [0, 0.05) is 91.2 Å². The van der Waals surface area contributed by atoms with Crippen molar-refractivity contribution in [2.45, 2.75) is 201 Å². The summed E-state index contributed by atoms with van der Waals surface area (Å²) in [7, 11) is 8.92. The lowest BCUT2D eigenvalue weighted by atomic mass is 9.58. The van der Waals surface area contributed by atoms with E-state index in [1.807, 2.05) is 37.2 Å². The Bertz CT molecular complexity index is 4510. The number of allylic oxidation sites excluding steroid dienone is 9. The minimum Gasteiger partial charge on any atom is -0.359 e. The topological polar surface area (TPSA) is 129 Å². The number of aromatic nitrogens is 6. The number of carbonyl (C=O) groups excluding carboxylic acids is 1. The number of carbonyl (C=O) groups is 1. The first-order valence-electron chi connectivity index (χ1n) is 36.8. The van der Waals surface area contributed by atoms with Gasteiger partial charge in [0.1, 0.15) is 5.78 Å². The summed E-state index contributed by atoms with van der Waals surface area (Å²) in [5.41, 5.74) is 16.6. The minimum atomic E-state index is -0.324. The Morgan fingerprint density at radius 3 is 1.11 bits per heavy atom. The summed E-state index contributed by atoms with van der Waals surface area (Å²) in [5.74, 6) is 1.78. The predicted molar refractivity (Wildman–Crippen MR) is 382 cm³/mol. The van der Waals surface area contributed by atoms with Crippen LogP contribution in [-0.2, 0) is 19.0 Å². The van der Waals surface area contributed by atoms with Crippen molar-refractivity contribution >= 4 is 54.8 Å². The van der Waals surface area contributed by atoms with E-state index in [2.05, 4.69) is 199 Å². The lowest BCUT2D eigenvalue weighted by Gasteiger charge is -2.54. The fraction of sp³-hybridized carbons (Fsp3) is 0.494. The predicted octanol–water partition coefficient (Wildman–Crippen LogP) is 16.8. The Morgan fingerprint density at radius 1 is 0.402 bits per heavy atom. The molecule has 14 atom stereocenters. The molecule has 97 heavy (non-hydrogen) atoms. The molecule has 21 rings (SSSR count). The molecule has 0 radical (unpaired) electrons. The second-order valence-electron chi connectivity index (χ2n) is 33.5. The van der Waals surface area contributed by atoms with Gasteiger partial charge in [0.2, 0.25) is 0 Å². The Morgan fingerprint density at radius 2 is 0.742 bits per heavy atom. The first-order valence-corrected chi connectivity index (χ1v) is 36.8. The maximum atomic E-state index is 12.4. The molecule has 12 heteroatoms. The highest BCUT2D eigenvalue weighted by Crippen LogP contribution is 2.71. The molecule has 6 aromatic rings. The number of ketones is 1. The van der Waals surface area contributed by atoms with Gasteiger partial charge in [0.15, 0.2) is 0 Å². The zero-order chi connectivity index (χ0) is 65.7. The SMILES string of the molecule is CN(C)[C@@H]1CCC2=CC3=CC[C@]4(C)C(c5ccc6cnncc6c5)=CC[C@H]4C34CC[C@]2(C1)O4.CN(C)[C@H]1CCC2=CC3=CC[C@]4(C)C(c5ccc6cnncc6c5)=CC[C@H]4C34CC[C@]2(C1)O4.C[C@]12CC=C3C=C4CCC(=O)C[C@]45CCC3(O5)[C@@H]1CC=C2c1ccc2cnncc2c1. The summed E-state index contributed by atoms with van der Waals surface area (Å²) in [6.07, 6.45) is 56.1. The highest BCUT2D eigenvalue weighted by atomic mass is 16.5. The minimum absolute atomic E-state index is 0.0346. The monoisotopic (exact) mass is 1290 g/mol. The Kier molecular flexibility index (Phi) is 13.5. The van der Waals surface area contributed by atoms with E-state index >= 15 is 0 Å². The number of hydrogen-bond donors (Lipinski definition) is 0. The summed E-state index contributed by atoms with van der Waals surface area (Å²) in [6, 6.07) is 21.4. The molecule has 9 heterocycles. The van der Waals surface area contributed by atoms with Gasteiger partial charge in [-0.3, -0.25) is 4.79 Å². The first kappa shape index (κ1) is 60.9. The van der Waals surface area contributed by atoms with E-state index < -0.39 is 0 Å². The van der Waals surface area contributed by atoms with Crippen LogP contribution >= 0.6 is 0 Å². The second kappa shape index (κ2) is 21.4. The molecule has 15 aliphatic rings. The summed E-state index contributed by atoms with van der Waals surface area (Å²) in [6.45, 7) is 7.41. The quantitative estimate of drug-likeness (QED) is 0.163. The zero-order valence-electron chi connectivity index (χ0n) is 57.8. The van der Waals surface area contributed by atoms with Crippen LogP contribution in [0.2, 0.25) is 0 Å². The molecule has 3 saturated carbocycles. The fourth-order valence-electron chi connectivity index (χ4n) is 23.4. The lowest BCUT2D eigenvalue weighted by Crippen LogP contribution is -2.54. The van der Waals surface area contributed by atoms with Crippen molar-refractivity contribution in [1.29, 1.82) is 0 Å². The number of Topliss-reactive ketones (excluding diaryl/α,β-unsaturated/α-hetero) is 1. The van der Waals surface area contributed by atoms with Gasteiger partial charge in [-0.1, -0.05) is 112 Å². The van der Waals surface area contributed by atoms with Crippen LogP contribution in [-0.4, -0.2) is 120 Å². The lowest BCUT2D eigenvalue weighted by molar-refractivity contribution is -0.143. The third kappa shape index (κ3) is 8.73. The highest BCUT2D eigenvalue weighted by Gasteiger charge is 2.69. The Balaban J connectivity index is 0.000000102. The van der Waals surface area contributed by atoms with Gasteiger partial charge < -0.3 is 24.0 Å². The van der Waals surface area contributed by atoms with Crippen molar-refractivity contribution in [3.8, 4) is 0 Å². The number of nitrogens with zero attached hydrogens (tertiary/aromatic N) is 8. The van der Waals surface area contributed by atoms with Crippen LogP contribution < -0.4 is 0 Å². The van der Waals surface area contributed by atoms with E-state index in [1.165, 1.54) is 105 Å². The number of fused-ring (bicyclic) bond motifs is 6. The van der Waals surface area contributed by atoms with Crippen LogP contribution in [0.25, 0.3) is 49.0 Å². The van der Waals surface area contributed by atoms with Crippen LogP contribution in [0.3, 0.4) is 0 Å². The molecule has 3 unspecified atom stereocenters. The molecule has 0 N–H and O–H groups in total. The van der Waals surface area contributed by atoms with E-state index in [-0.39, 0.29) is 49.9 Å². The van der Waals surface area contributed by atoms with Crippen molar-refractivity contribution in [3.05, 3.63) is 197 Å². The van der Waals surface area contributed by atoms with E-state index in [9.17, 15) is 4.79 Å².